The van der Waals surface area contributed by atoms with Gasteiger partial charge in [0.1, 0.15) is 22.1 Å². The van der Waals surface area contributed by atoms with E-state index in [0.717, 1.165) is 5.56 Å². The Balaban J connectivity index is 1.77. The van der Waals surface area contributed by atoms with Gasteiger partial charge in [-0.25, -0.2) is 0 Å². The highest BCUT2D eigenvalue weighted by atomic mass is 32.2. The van der Waals surface area contributed by atoms with Crippen LogP contribution in [0.3, 0.4) is 0 Å². The number of aryl methyl sites for hydroxylation is 1. The van der Waals surface area contributed by atoms with Crippen LogP contribution < -0.4 is 8.92 Å². The van der Waals surface area contributed by atoms with Crippen molar-refractivity contribution >= 4 is 10.1 Å². The van der Waals surface area contributed by atoms with Gasteiger partial charge in [0.2, 0.25) is 0 Å². The lowest BCUT2D eigenvalue weighted by molar-refractivity contribution is 0.479. The molecule has 0 saturated heterocycles. The molecule has 0 atom stereocenters. The van der Waals surface area contributed by atoms with Gasteiger partial charge in [0.25, 0.3) is 0 Å². The summed E-state index contributed by atoms with van der Waals surface area (Å²) < 4.78 is 35.4. The fraction of sp³-hybridized carbons (Fsp3) is 0.0526. The SMILES string of the molecule is Cc1cccc(OS(=O)(=O)c2ccc(Oc3ccccc3)cc2)c1. The molecule has 3 aromatic carbocycles. The third-order valence-electron chi connectivity index (χ3n) is 3.29. The summed E-state index contributed by atoms with van der Waals surface area (Å²) in [5.74, 6) is 1.53. The average molecular weight is 340 g/mol. The molecule has 0 radical (unpaired) electrons. The maximum atomic E-state index is 12.3. The highest BCUT2D eigenvalue weighted by Crippen LogP contribution is 2.24. The molecule has 0 amide bonds. The minimum Gasteiger partial charge on any atom is -0.457 e. The fourth-order valence-corrected chi connectivity index (χ4v) is 3.06. The minimum atomic E-state index is -3.88. The predicted octanol–water partition coefficient (Wildman–Crippen LogP) is 4.56. The highest BCUT2D eigenvalue weighted by Gasteiger charge is 2.16. The second-order valence-corrected chi connectivity index (χ2v) is 6.79. The zero-order chi connectivity index (χ0) is 17.0. The molecule has 24 heavy (non-hydrogen) atoms. The van der Waals surface area contributed by atoms with Crippen molar-refractivity contribution in [2.24, 2.45) is 0 Å². The van der Waals surface area contributed by atoms with Crippen molar-refractivity contribution in [3.8, 4) is 17.2 Å². The van der Waals surface area contributed by atoms with E-state index < -0.39 is 10.1 Å². The second-order valence-electron chi connectivity index (χ2n) is 5.24. The van der Waals surface area contributed by atoms with E-state index in [0.29, 0.717) is 17.2 Å². The van der Waals surface area contributed by atoms with E-state index in [-0.39, 0.29) is 4.90 Å². The van der Waals surface area contributed by atoms with Gasteiger partial charge in [0.15, 0.2) is 0 Å². The van der Waals surface area contributed by atoms with Crippen LogP contribution in [-0.4, -0.2) is 8.42 Å². The van der Waals surface area contributed by atoms with Crippen LogP contribution >= 0.6 is 0 Å². The van der Waals surface area contributed by atoms with Gasteiger partial charge in [-0.15, -0.1) is 0 Å². The van der Waals surface area contributed by atoms with Gasteiger partial charge in [-0.05, 0) is 61.0 Å². The normalized spacial score (nSPS) is 11.0. The van der Waals surface area contributed by atoms with E-state index in [1.54, 1.807) is 30.3 Å². The van der Waals surface area contributed by atoms with Gasteiger partial charge in [-0.2, -0.15) is 8.42 Å². The highest BCUT2D eigenvalue weighted by molar-refractivity contribution is 7.87. The van der Waals surface area contributed by atoms with E-state index in [4.69, 9.17) is 8.92 Å². The molecule has 3 aromatic rings. The van der Waals surface area contributed by atoms with Gasteiger partial charge >= 0.3 is 10.1 Å². The quantitative estimate of drug-likeness (QED) is 0.639. The molecule has 0 heterocycles. The molecule has 0 saturated carbocycles. The van der Waals surface area contributed by atoms with Crippen LogP contribution in [0.25, 0.3) is 0 Å². The Bertz CT molecular complexity index is 917. The van der Waals surface area contributed by atoms with Crippen LogP contribution in [0.1, 0.15) is 5.56 Å². The zero-order valence-corrected chi connectivity index (χ0v) is 13.9. The fourth-order valence-electron chi connectivity index (χ4n) is 2.14. The van der Waals surface area contributed by atoms with Crippen LogP contribution in [0.15, 0.2) is 83.8 Å². The van der Waals surface area contributed by atoms with Gasteiger partial charge in [0.05, 0.1) is 0 Å². The largest absolute Gasteiger partial charge is 0.457 e. The van der Waals surface area contributed by atoms with Crippen LogP contribution in [0, 0.1) is 6.92 Å². The summed E-state index contributed by atoms with van der Waals surface area (Å²) in [6.07, 6.45) is 0. The first-order valence-corrected chi connectivity index (χ1v) is 8.78. The zero-order valence-electron chi connectivity index (χ0n) is 13.0. The number of ether oxygens (including phenoxy) is 1. The molecule has 5 heteroatoms. The predicted molar refractivity (Wildman–Crippen MR) is 92.0 cm³/mol. The third kappa shape index (κ3) is 3.94. The lowest BCUT2D eigenvalue weighted by Gasteiger charge is -2.09. The van der Waals surface area contributed by atoms with E-state index in [1.165, 1.54) is 12.1 Å². The first-order valence-electron chi connectivity index (χ1n) is 7.37. The van der Waals surface area contributed by atoms with Crippen LogP contribution in [0.2, 0.25) is 0 Å². The van der Waals surface area contributed by atoms with Crippen molar-refractivity contribution in [1.29, 1.82) is 0 Å². The van der Waals surface area contributed by atoms with Gasteiger partial charge in [0, 0.05) is 0 Å². The second kappa shape index (κ2) is 6.76. The number of benzene rings is 3. The molecular formula is C19H16O4S. The first-order chi connectivity index (χ1) is 11.5. The minimum absolute atomic E-state index is 0.0735. The maximum Gasteiger partial charge on any atom is 0.339 e. The van der Waals surface area contributed by atoms with Crippen LogP contribution in [-0.2, 0) is 10.1 Å². The van der Waals surface area contributed by atoms with Gasteiger partial charge in [-0.1, -0.05) is 30.3 Å². The Labute approximate surface area is 141 Å². The Morgan fingerprint density at radius 3 is 2.00 bits per heavy atom. The Morgan fingerprint density at radius 1 is 0.708 bits per heavy atom. The molecule has 0 aliphatic rings. The van der Waals surface area contributed by atoms with Crippen LogP contribution in [0.4, 0.5) is 0 Å². The monoisotopic (exact) mass is 340 g/mol. The summed E-state index contributed by atoms with van der Waals surface area (Å²) in [4.78, 5) is 0.0735. The van der Waals surface area contributed by atoms with Crippen LogP contribution in [0.5, 0.6) is 17.2 Å². The number of hydrogen-bond donors (Lipinski definition) is 0. The molecule has 0 spiro atoms. The van der Waals surface area contributed by atoms with Crippen molar-refractivity contribution in [1.82, 2.24) is 0 Å². The topological polar surface area (TPSA) is 52.6 Å². The first kappa shape index (κ1) is 16.1. The molecule has 0 unspecified atom stereocenters. The number of para-hydroxylation sites is 1. The van der Waals surface area contributed by atoms with Crippen molar-refractivity contribution in [2.75, 3.05) is 0 Å². The number of rotatable bonds is 5. The summed E-state index contributed by atoms with van der Waals surface area (Å²) in [5, 5.41) is 0. The molecule has 0 aliphatic carbocycles. The smallest absolute Gasteiger partial charge is 0.339 e. The molecule has 0 aliphatic heterocycles. The summed E-state index contributed by atoms with van der Waals surface area (Å²) in [6.45, 7) is 1.87. The summed E-state index contributed by atoms with van der Waals surface area (Å²) in [6, 6.07) is 22.3. The van der Waals surface area contributed by atoms with Crippen molar-refractivity contribution in [3.63, 3.8) is 0 Å². The Hall–Kier alpha value is -2.79. The number of hydrogen-bond acceptors (Lipinski definition) is 4. The summed E-state index contributed by atoms with van der Waals surface area (Å²) in [5.41, 5.74) is 0.925. The maximum absolute atomic E-state index is 12.3. The van der Waals surface area contributed by atoms with Crippen molar-refractivity contribution in [3.05, 3.63) is 84.4 Å². The van der Waals surface area contributed by atoms with Crippen molar-refractivity contribution < 1.29 is 17.3 Å². The summed E-state index contributed by atoms with van der Waals surface area (Å²) >= 11 is 0. The Kier molecular flexibility index (Phi) is 4.53. The molecule has 3 rings (SSSR count). The molecule has 0 N–H and O–H groups in total. The molecule has 0 bridgehead atoms. The van der Waals surface area contributed by atoms with E-state index in [9.17, 15) is 8.42 Å². The molecular weight excluding hydrogens is 324 g/mol. The standard InChI is InChI=1S/C19H16O4S/c1-15-6-5-9-18(14-15)23-24(20,21)19-12-10-17(11-13-19)22-16-7-3-2-4-8-16/h2-14H,1H3. The average Bonchev–Trinajstić information content (AvgIpc) is 2.56. The molecule has 122 valence electrons. The van der Waals surface area contributed by atoms with Crippen molar-refractivity contribution in [2.45, 2.75) is 11.8 Å². The van der Waals surface area contributed by atoms with E-state index in [1.807, 2.05) is 43.3 Å². The molecule has 0 fully saturated rings. The Morgan fingerprint density at radius 2 is 1.33 bits per heavy atom. The van der Waals surface area contributed by atoms with Gasteiger partial charge < -0.3 is 8.92 Å². The third-order valence-corrected chi connectivity index (χ3v) is 4.55. The summed E-state index contributed by atoms with van der Waals surface area (Å²) in [7, 11) is -3.88. The lowest BCUT2D eigenvalue weighted by atomic mass is 10.2. The lowest BCUT2D eigenvalue weighted by Crippen LogP contribution is -2.09. The van der Waals surface area contributed by atoms with Gasteiger partial charge in [-0.3, -0.25) is 0 Å². The molecule has 4 nitrogen and oxygen atoms in total. The van der Waals surface area contributed by atoms with E-state index >= 15 is 0 Å². The molecule has 0 aromatic heterocycles. The van der Waals surface area contributed by atoms with E-state index in [2.05, 4.69) is 0 Å².